The van der Waals surface area contributed by atoms with Crippen molar-refractivity contribution in [3.05, 3.63) is 53.6 Å². The molecule has 2 heterocycles. The predicted octanol–water partition coefficient (Wildman–Crippen LogP) is 2.68. The Hall–Kier alpha value is -3.22. The fourth-order valence-electron chi connectivity index (χ4n) is 4.08. The Morgan fingerprint density at radius 1 is 1.00 bits per heavy atom. The molecule has 7 heteroatoms. The van der Waals surface area contributed by atoms with Crippen LogP contribution in [0.2, 0.25) is 0 Å². The van der Waals surface area contributed by atoms with Gasteiger partial charge in [-0.25, -0.2) is 9.91 Å². The standard InChI is InChI=1S/C20H18N4O3/c1-27-16-7-3-6-15(11-16)24-18-17(21-22-24)19(25)23(20(18)26)14-9-8-12-4-2-5-13(12)10-14/h3,6-11,17-18H,2,4-5H2,1H3. The van der Waals surface area contributed by atoms with Gasteiger partial charge in [0.25, 0.3) is 11.8 Å². The SMILES string of the molecule is COc1cccc(N2N=NC3C(=O)N(c4ccc5c(c4)CCC5)C(=O)C32)c1. The second-order valence-electron chi connectivity index (χ2n) is 6.96. The van der Waals surface area contributed by atoms with E-state index in [2.05, 4.69) is 10.3 Å². The second kappa shape index (κ2) is 5.90. The van der Waals surface area contributed by atoms with Gasteiger partial charge in [0.2, 0.25) is 0 Å². The number of benzene rings is 2. The van der Waals surface area contributed by atoms with Gasteiger partial charge in [0.1, 0.15) is 5.75 Å². The zero-order valence-electron chi connectivity index (χ0n) is 14.8. The lowest BCUT2D eigenvalue weighted by Gasteiger charge is -2.21. The van der Waals surface area contributed by atoms with Gasteiger partial charge in [0, 0.05) is 6.07 Å². The number of methoxy groups -OCH3 is 1. The molecule has 1 aliphatic carbocycles. The third kappa shape index (κ3) is 2.34. The Bertz CT molecular complexity index is 987. The maximum atomic E-state index is 13.1. The Morgan fingerprint density at radius 2 is 1.85 bits per heavy atom. The highest BCUT2D eigenvalue weighted by Crippen LogP contribution is 2.37. The molecule has 0 spiro atoms. The highest BCUT2D eigenvalue weighted by atomic mass is 16.5. The van der Waals surface area contributed by atoms with Gasteiger partial charge in [-0.1, -0.05) is 17.4 Å². The minimum Gasteiger partial charge on any atom is -0.497 e. The van der Waals surface area contributed by atoms with E-state index in [0.29, 0.717) is 17.1 Å². The highest BCUT2D eigenvalue weighted by molar-refractivity contribution is 6.26. The molecule has 1 fully saturated rings. The summed E-state index contributed by atoms with van der Waals surface area (Å²) < 4.78 is 5.25. The number of nitrogens with zero attached hydrogens (tertiary/aromatic N) is 4. The van der Waals surface area contributed by atoms with E-state index in [1.165, 1.54) is 21.0 Å². The molecule has 2 amide bonds. The van der Waals surface area contributed by atoms with E-state index >= 15 is 0 Å². The molecule has 27 heavy (non-hydrogen) atoms. The summed E-state index contributed by atoms with van der Waals surface area (Å²) in [6, 6.07) is 11.5. The number of aryl methyl sites for hydroxylation is 2. The van der Waals surface area contributed by atoms with Gasteiger partial charge >= 0.3 is 0 Å². The monoisotopic (exact) mass is 362 g/mol. The molecule has 2 atom stereocenters. The number of amides is 2. The maximum Gasteiger partial charge on any atom is 0.263 e. The van der Waals surface area contributed by atoms with Gasteiger partial charge < -0.3 is 4.74 Å². The Labute approximate surface area is 156 Å². The Balaban J connectivity index is 1.49. The molecule has 0 aromatic heterocycles. The first-order valence-electron chi connectivity index (χ1n) is 9.01. The van der Waals surface area contributed by atoms with E-state index in [1.54, 1.807) is 13.2 Å². The minimum absolute atomic E-state index is 0.296. The van der Waals surface area contributed by atoms with Crippen LogP contribution in [-0.2, 0) is 22.4 Å². The van der Waals surface area contributed by atoms with Gasteiger partial charge in [-0.15, -0.1) is 0 Å². The van der Waals surface area contributed by atoms with Crippen molar-refractivity contribution in [2.45, 2.75) is 31.3 Å². The molecule has 136 valence electrons. The number of hydrogen-bond acceptors (Lipinski definition) is 6. The molecule has 3 aliphatic rings. The van der Waals surface area contributed by atoms with E-state index in [4.69, 9.17) is 4.74 Å². The summed E-state index contributed by atoms with van der Waals surface area (Å²) in [6.45, 7) is 0. The van der Waals surface area contributed by atoms with Crippen LogP contribution >= 0.6 is 0 Å². The fraction of sp³-hybridized carbons (Fsp3) is 0.300. The first-order valence-corrected chi connectivity index (χ1v) is 9.01. The number of carbonyl (C=O) groups is 2. The smallest absolute Gasteiger partial charge is 0.263 e. The molecule has 5 rings (SSSR count). The first-order chi connectivity index (χ1) is 13.2. The van der Waals surface area contributed by atoms with Crippen LogP contribution in [0.1, 0.15) is 17.5 Å². The lowest BCUT2D eigenvalue weighted by Crippen LogP contribution is -2.39. The number of ether oxygens (including phenoxy) is 1. The zero-order chi connectivity index (χ0) is 18.5. The highest BCUT2D eigenvalue weighted by Gasteiger charge is 2.55. The van der Waals surface area contributed by atoms with Gasteiger partial charge in [0.05, 0.1) is 18.5 Å². The van der Waals surface area contributed by atoms with Crippen molar-refractivity contribution in [1.82, 2.24) is 0 Å². The fourth-order valence-corrected chi connectivity index (χ4v) is 4.08. The second-order valence-corrected chi connectivity index (χ2v) is 6.96. The lowest BCUT2D eigenvalue weighted by atomic mass is 10.1. The van der Waals surface area contributed by atoms with Crippen LogP contribution in [0.25, 0.3) is 0 Å². The van der Waals surface area contributed by atoms with E-state index in [-0.39, 0.29) is 11.8 Å². The van der Waals surface area contributed by atoms with Crippen LogP contribution in [0, 0.1) is 0 Å². The maximum absolute atomic E-state index is 13.1. The van der Waals surface area contributed by atoms with Crippen LogP contribution in [-0.4, -0.2) is 31.0 Å². The number of fused-ring (bicyclic) bond motifs is 2. The molecule has 7 nitrogen and oxygen atoms in total. The molecule has 0 bridgehead atoms. The first kappa shape index (κ1) is 16.0. The van der Waals surface area contributed by atoms with Crippen molar-refractivity contribution in [3.63, 3.8) is 0 Å². The molecule has 2 aliphatic heterocycles. The van der Waals surface area contributed by atoms with Crippen molar-refractivity contribution >= 4 is 23.2 Å². The van der Waals surface area contributed by atoms with E-state index < -0.39 is 12.1 Å². The quantitative estimate of drug-likeness (QED) is 0.787. The number of hydrogen-bond donors (Lipinski definition) is 0. The van der Waals surface area contributed by atoms with Crippen molar-refractivity contribution in [3.8, 4) is 5.75 Å². The van der Waals surface area contributed by atoms with E-state index in [9.17, 15) is 9.59 Å². The summed E-state index contributed by atoms with van der Waals surface area (Å²) in [6.07, 6.45) is 3.16. The largest absolute Gasteiger partial charge is 0.497 e. The number of anilines is 2. The summed E-state index contributed by atoms with van der Waals surface area (Å²) in [4.78, 5) is 27.3. The van der Waals surface area contributed by atoms with Gasteiger partial charge in [-0.3, -0.25) is 9.59 Å². The molecular formula is C20H18N4O3. The molecule has 0 saturated carbocycles. The third-order valence-electron chi connectivity index (χ3n) is 5.44. The summed E-state index contributed by atoms with van der Waals surface area (Å²) >= 11 is 0. The van der Waals surface area contributed by atoms with Crippen LogP contribution in [0.15, 0.2) is 52.8 Å². The minimum atomic E-state index is -0.808. The van der Waals surface area contributed by atoms with Gasteiger partial charge in [-0.05, 0) is 54.7 Å². The van der Waals surface area contributed by atoms with Crippen LogP contribution in [0.4, 0.5) is 11.4 Å². The summed E-state index contributed by atoms with van der Waals surface area (Å²) in [5.41, 5.74) is 3.82. The van der Waals surface area contributed by atoms with Crippen LogP contribution in [0.5, 0.6) is 5.75 Å². The average Bonchev–Trinajstić information content (AvgIpc) is 3.39. The zero-order valence-corrected chi connectivity index (χ0v) is 14.8. The molecule has 2 aromatic rings. The van der Waals surface area contributed by atoms with E-state index in [1.807, 2.05) is 36.4 Å². The van der Waals surface area contributed by atoms with Crippen LogP contribution in [0.3, 0.4) is 0 Å². The number of carbonyl (C=O) groups excluding carboxylic acids is 2. The van der Waals surface area contributed by atoms with Crippen molar-refractivity contribution in [2.75, 3.05) is 17.0 Å². The predicted molar refractivity (Wildman–Crippen MR) is 98.9 cm³/mol. The van der Waals surface area contributed by atoms with Crippen molar-refractivity contribution in [2.24, 2.45) is 10.3 Å². The number of rotatable bonds is 3. The molecule has 2 aromatic carbocycles. The topological polar surface area (TPSA) is 74.6 Å². The molecule has 2 unspecified atom stereocenters. The van der Waals surface area contributed by atoms with Gasteiger partial charge in [0.15, 0.2) is 12.1 Å². The summed E-state index contributed by atoms with van der Waals surface area (Å²) in [5, 5.41) is 9.69. The van der Waals surface area contributed by atoms with Gasteiger partial charge in [-0.2, -0.15) is 5.11 Å². The van der Waals surface area contributed by atoms with E-state index in [0.717, 1.165) is 19.3 Å². The molecular weight excluding hydrogens is 344 g/mol. The summed E-state index contributed by atoms with van der Waals surface area (Å²) in [7, 11) is 1.58. The normalized spacial score (nSPS) is 23.1. The van der Waals surface area contributed by atoms with Crippen molar-refractivity contribution < 1.29 is 14.3 Å². The lowest BCUT2D eigenvalue weighted by molar-refractivity contribution is -0.121. The average molecular weight is 362 g/mol. The summed E-state index contributed by atoms with van der Waals surface area (Å²) in [5.74, 6) is 0.0336. The van der Waals surface area contributed by atoms with Crippen molar-refractivity contribution in [1.29, 1.82) is 0 Å². The number of imide groups is 1. The van der Waals surface area contributed by atoms with Crippen LogP contribution < -0.4 is 14.6 Å². The Morgan fingerprint density at radius 3 is 2.70 bits per heavy atom. The molecule has 1 saturated heterocycles. The Kier molecular flexibility index (Phi) is 3.50. The third-order valence-corrected chi connectivity index (χ3v) is 5.44. The molecule has 0 radical (unpaired) electrons. The molecule has 0 N–H and O–H groups in total.